The van der Waals surface area contributed by atoms with Crippen LogP contribution >= 0.6 is 23.1 Å². The number of nitrogens with one attached hydrogen (secondary N) is 1. The Hall–Kier alpha value is -4.94. The molecular weight excluding hydrogens is 633 g/mol. The van der Waals surface area contributed by atoms with Crippen LogP contribution in [0.3, 0.4) is 0 Å². The van der Waals surface area contributed by atoms with E-state index in [2.05, 4.69) is 39.8 Å². The quantitative estimate of drug-likeness (QED) is 0.163. The average Bonchev–Trinajstić information content (AvgIpc) is 3.86. The molecular formula is C35H34N6O4S2. The number of hydrogen-bond acceptors (Lipinski definition) is 9. The van der Waals surface area contributed by atoms with Gasteiger partial charge in [0.15, 0.2) is 22.5 Å². The zero-order valence-corrected chi connectivity index (χ0v) is 28.1. The van der Waals surface area contributed by atoms with Crippen LogP contribution in [-0.2, 0) is 11.3 Å². The molecule has 1 atom stereocenters. The summed E-state index contributed by atoms with van der Waals surface area (Å²) in [5.41, 5.74) is 5.40. The van der Waals surface area contributed by atoms with Crippen molar-refractivity contribution >= 4 is 40.6 Å². The van der Waals surface area contributed by atoms with Gasteiger partial charge in [-0.1, -0.05) is 59.8 Å². The van der Waals surface area contributed by atoms with E-state index in [1.54, 1.807) is 41.7 Å². The van der Waals surface area contributed by atoms with E-state index in [9.17, 15) is 9.59 Å². The predicted molar refractivity (Wildman–Crippen MR) is 184 cm³/mol. The van der Waals surface area contributed by atoms with Crippen molar-refractivity contribution in [1.82, 2.24) is 25.1 Å². The summed E-state index contributed by atoms with van der Waals surface area (Å²) >= 11 is 2.91. The van der Waals surface area contributed by atoms with Gasteiger partial charge in [0.1, 0.15) is 0 Å². The Morgan fingerprint density at radius 3 is 2.47 bits per heavy atom. The number of rotatable bonds is 11. The van der Waals surface area contributed by atoms with E-state index in [0.717, 1.165) is 33.0 Å². The number of thioether (sulfide) groups is 1. The molecule has 1 N–H and O–H groups in total. The standard InChI is InChI=1S/C35H34N6O4S2/c1-22-10-12-24(13-11-22)28-19-27(31-9-6-16-46-31)39-41(28)33(42)21-47-35-38-37-32(40(35)26-8-5-7-23(2)17-26)20-36-34(43)25-14-15-29(44-3)30(18-25)45-4/h5-18,28H,19-21H2,1-4H3,(H,36,43)/t28-/m0/s1. The molecule has 240 valence electrons. The topological polar surface area (TPSA) is 111 Å². The smallest absolute Gasteiger partial charge is 0.253 e. The van der Waals surface area contributed by atoms with Gasteiger partial charge in [-0.25, -0.2) is 5.01 Å². The van der Waals surface area contributed by atoms with E-state index in [-0.39, 0.29) is 30.2 Å². The number of thiophene rings is 1. The summed E-state index contributed by atoms with van der Waals surface area (Å²) in [7, 11) is 3.07. The predicted octanol–water partition coefficient (Wildman–Crippen LogP) is 6.36. The van der Waals surface area contributed by atoms with Gasteiger partial charge in [0.25, 0.3) is 11.8 Å². The SMILES string of the molecule is COc1ccc(C(=O)NCc2nnc(SCC(=O)N3N=C(c4cccs4)C[C@H]3c3ccc(C)cc3)n2-c2cccc(C)c2)cc1OC. The second-order valence-electron chi connectivity index (χ2n) is 11.0. The molecule has 10 nitrogen and oxygen atoms in total. The Labute approximate surface area is 281 Å². The molecule has 0 radical (unpaired) electrons. The first-order chi connectivity index (χ1) is 22.8. The highest BCUT2D eigenvalue weighted by atomic mass is 32.2. The normalized spacial score (nSPS) is 14.2. The molecule has 2 aromatic heterocycles. The fourth-order valence-electron chi connectivity index (χ4n) is 5.35. The molecule has 47 heavy (non-hydrogen) atoms. The van der Waals surface area contributed by atoms with Crippen LogP contribution in [0, 0.1) is 13.8 Å². The molecule has 1 aliphatic rings. The van der Waals surface area contributed by atoms with Gasteiger partial charge in [0.05, 0.1) is 43.1 Å². The van der Waals surface area contributed by atoms with Crippen molar-refractivity contribution in [3.05, 3.63) is 117 Å². The van der Waals surface area contributed by atoms with Gasteiger partial charge in [0.2, 0.25) is 0 Å². The minimum atomic E-state index is -0.301. The highest BCUT2D eigenvalue weighted by Crippen LogP contribution is 2.35. The molecule has 3 aromatic carbocycles. The Morgan fingerprint density at radius 2 is 1.74 bits per heavy atom. The Kier molecular flexibility index (Phi) is 9.69. The van der Waals surface area contributed by atoms with E-state index in [1.165, 1.54) is 18.9 Å². The molecule has 5 aromatic rings. The first-order valence-electron chi connectivity index (χ1n) is 15.0. The Balaban J connectivity index is 1.23. The molecule has 0 fully saturated rings. The second kappa shape index (κ2) is 14.2. The third-order valence-electron chi connectivity index (χ3n) is 7.77. The van der Waals surface area contributed by atoms with Crippen LogP contribution in [0.25, 0.3) is 5.69 Å². The number of amides is 2. The third-order valence-corrected chi connectivity index (χ3v) is 9.60. The van der Waals surface area contributed by atoms with E-state index in [4.69, 9.17) is 14.6 Å². The van der Waals surface area contributed by atoms with Crippen molar-refractivity contribution in [1.29, 1.82) is 0 Å². The van der Waals surface area contributed by atoms with Gasteiger partial charge in [-0.05, 0) is 66.8 Å². The van der Waals surface area contributed by atoms with Crippen LogP contribution in [0.15, 0.2) is 94.5 Å². The van der Waals surface area contributed by atoms with Crippen molar-refractivity contribution < 1.29 is 19.1 Å². The Morgan fingerprint density at radius 1 is 0.936 bits per heavy atom. The van der Waals surface area contributed by atoms with Gasteiger partial charge in [0, 0.05) is 17.7 Å². The first kappa shape index (κ1) is 32.0. The van der Waals surface area contributed by atoms with Crippen LogP contribution in [0.4, 0.5) is 0 Å². The molecule has 0 unspecified atom stereocenters. The molecule has 3 heterocycles. The van der Waals surface area contributed by atoms with E-state index < -0.39 is 0 Å². The lowest BCUT2D eigenvalue weighted by Gasteiger charge is -2.22. The zero-order chi connectivity index (χ0) is 32.9. The number of hydrazone groups is 1. The lowest BCUT2D eigenvalue weighted by Crippen LogP contribution is -2.28. The number of methoxy groups -OCH3 is 2. The number of aromatic nitrogens is 3. The molecule has 12 heteroatoms. The van der Waals surface area contributed by atoms with E-state index in [0.29, 0.717) is 34.5 Å². The van der Waals surface area contributed by atoms with E-state index >= 15 is 0 Å². The van der Waals surface area contributed by atoms with Crippen LogP contribution in [-0.4, -0.2) is 57.3 Å². The maximum Gasteiger partial charge on any atom is 0.253 e. The maximum absolute atomic E-state index is 13.8. The minimum absolute atomic E-state index is 0.103. The van der Waals surface area contributed by atoms with Gasteiger partial charge in [-0.3, -0.25) is 14.2 Å². The molecule has 2 amide bonds. The van der Waals surface area contributed by atoms with Crippen LogP contribution in [0.2, 0.25) is 0 Å². The van der Waals surface area contributed by atoms with Crippen molar-refractivity contribution in [2.75, 3.05) is 20.0 Å². The summed E-state index contributed by atoms with van der Waals surface area (Å²) in [5, 5.41) is 20.8. The van der Waals surface area contributed by atoms with Gasteiger partial charge in [-0.15, -0.1) is 21.5 Å². The van der Waals surface area contributed by atoms with Gasteiger partial charge < -0.3 is 14.8 Å². The van der Waals surface area contributed by atoms with Crippen molar-refractivity contribution in [2.24, 2.45) is 5.10 Å². The summed E-state index contributed by atoms with van der Waals surface area (Å²) in [6.45, 7) is 4.16. The molecule has 0 aliphatic carbocycles. The summed E-state index contributed by atoms with van der Waals surface area (Å²) in [6, 6.07) is 25.0. The number of aryl methyl sites for hydroxylation is 2. The number of carbonyl (C=O) groups is 2. The monoisotopic (exact) mass is 666 g/mol. The first-order valence-corrected chi connectivity index (χ1v) is 16.9. The molecule has 0 bridgehead atoms. The number of ether oxygens (including phenoxy) is 2. The molecule has 0 spiro atoms. The van der Waals surface area contributed by atoms with Crippen LogP contribution in [0.5, 0.6) is 11.5 Å². The fourth-order valence-corrected chi connectivity index (χ4v) is 6.89. The van der Waals surface area contributed by atoms with E-state index in [1.807, 2.05) is 60.2 Å². The zero-order valence-electron chi connectivity index (χ0n) is 26.5. The van der Waals surface area contributed by atoms with Gasteiger partial charge in [-0.2, -0.15) is 5.10 Å². The highest BCUT2D eigenvalue weighted by molar-refractivity contribution is 7.99. The number of benzene rings is 3. The number of carbonyl (C=O) groups excluding carboxylic acids is 2. The maximum atomic E-state index is 13.8. The second-order valence-corrected chi connectivity index (χ2v) is 12.9. The van der Waals surface area contributed by atoms with Crippen molar-refractivity contribution in [3.63, 3.8) is 0 Å². The fraction of sp³-hybridized carbons (Fsp3) is 0.229. The average molecular weight is 667 g/mol. The minimum Gasteiger partial charge on any atom is -0.493 e. The summed E-state index contributed by atoms with van der Waals surface area (Å²) in [6.07, 6.45) is 0.642. The van der Waals surface area contributed by atoms with Crippen LogP contribution < -0.4 is 14.8 Å². The number of nitrogens with zero attached hydrogens (tertiary/aromatic N) is 5. The lowest BCUT2D eigenvalue weighted by molar-refractivity contribution is -0.130. The highest BCUT2D eigenvalue weighted by Gasteiger charge is 2.33. The largest absolute Gasteiger partial charge is 0.493 e. The molecule has 6 rings (SSSR count). The van der Waals surface area contributed by atoms with Crippen molar-refractivity contribution in [2.45, 2.75) is 38.0 Å². The van der Waals surface area contributed by atoms with Gasteiger partial charge >= 0.3 is 0 Å². The summed E-state index contributed by atoms with van der Waals surface area (Å²) in [5.74, 6) is 1.19. The summed E-state index contributed by atoms with van der Waals surface area (Å²) < 4.78 is 12.5. The lowest BCUT2D eigenvalue weighted by atomic mass is 10.00. The van der Waals surface area contributed by atoms with Crippen molar-refractivity contribution in [3.8, 4) is 17.2 Å². The van der Waals surface area contributed by atoms with Crippen LogP contribution in [0.1, 0.15) is 50.2 Å². The number of hydrogen-bond donors (Lipinski definition) is 1. The summed E-state index contributed by atoms with van der Waals surface area (Å²) in [4.78, 5) is 28.0. The molecule has 0 saturated carbocycles. The molecule has 1 aliphatic heterocycles. The third kappa shape index (κ3) is 7.08. The Bertz CT molecular complexity index is 1920. The molecule has 0 saturated heterocycles.